The molecule has 0 spiro atoms. The van der Waals surface area contributed by atoms with Gasteiger partial charge in [0, 0.05) is 26.2 Å². The molecule has 1 amide bonds. The third-order valence-electron chi connectivity index (χ3n) is 5.92. The maximum absolute atomic E-state index is 12.3. The Kier molecular flexibility index (Phi) is 7.52. The standard InChI is InChI=1S/C23H36N2O5S/c1-23(2,3)30-22(26)24-12-5-6-18(9-13-24)11-15-29-21-8-7-19-10-14-25(31(4,27)28)17-20(19)16-21/h7-8,16,18H,5-6,9-15,17H2,1-4H3. The average Bonchev–Trinajstić information content (AvgIpc) is 2.91. The number of fused-ring (bicyclic) bond motifs is 1. The van der Waals surface area contributed by atoms with Gasteiger partial charge in [-0.3, -0.25) is 0 Å². The van der Waals surface area contributed by atoms with Crippen molar-refractivity contribution in [3.05, 3.63) is 29.3 Å². The second kappa shape index (κ2) is 9.77. The van der Waals surface area contributed by atoms with Crippen molar-refractivity contribution >= 4 is 16.1 Å². The first-order valence-electron chi connectivity index (χ1n) is 11.2. The van der Waals surface area contributed by atoms with E-state index in [0.717, 1.165) is 56.5 Å². The van der Waals surface area contributed by atoms with E-state index >= 15 is 0 Å². The third-order valence-corrected chi connectivity index (χ3v) is 7.17. The van der Waals surface area contributed by atoms with Gasteiger partial charge in [0.2, 0.25) is 10.0 Å². The monoisotopic (exact) mass is 452 g/mol. The number of rotatable bonds is 5. The second-order valence-electron chi connectivity index (χ2n) is 9.68. The number of ether oxygens (including phenoxy) is 2. The van der Waals surface area contributed by atoms with Crippen LogP contribution in [0.1, 0.15) is 57.6 Å². The summed E-state index contributed by atoms with van der Waals surface area (Å²) in [5.74, 6) is 1.31. The van der Waals surface area contributed by atoms with Crippen LogP contribution in [0.15, 0.2) is 18.2 Å². The third kappa shape index (κ3) is 7.10. The summed E-state index contributed by atoms with van der Waals surface area (Å²) in [7, 11) is -3.18. The second-order valence-corrected chi connectivity index (χ2v) is 11.7. The van der Waals surface area contributed by atoms with E-state index in [0.29, 0.717) is 25.6 Å². The van der Waals surface area contributed by atoms with Crippen LogP contribution in [0.3, 0.4) is 0 Å². The van der Waals surface area contributed by atoms with Crippen LogP contribution in [0.5, 0.6) is 5.75 Å². The summed E-state index contributed by atoms with van der Waals surface area (Å²) in [6.07, 6.45) is 5.72. The van der Waals surface area contributed by atoms with E-state index in [-0.39, 0.29) is 6.09 Å². The van der Waals surface area contributed by atoms with Crippen molar-refractivity contribution in [3.63, 3.8) is 0 Å². The maximum atomic E-state index is 12.3. The van der Waals surface area contributed by atoms with Crippen LogP contribution >= 0.6 is 0 Å². The molecule has 0 aromatic heterocycles. The Labute approximate surface area is 186 Å². The topological polar surface area (TPSA) is 76.2 Å². The van der Waals surface area contributed by atoms with Gasteiger partial charge in [-0.2, -0.15) is 4.31 Å². The summed E-state index contributed by atoms with van der Waals surface area (Å²) in [4.78, 5) is 14.1. The number of hydrogen-bond acceptors (Lipinski definition) is 5. The van der Waals surface area contributed by atoms with Crippen molar-refractivity contribution < 1.29 is 22.7 Å². The van der Waals surface area contributed by atoms with Gasteiger partial charge in [-0.1, -0.05) is 6.07 Å². The summed E-state index contributed by atoms with van der Waals surface area (Å²) in [6, 6.07) is 6.00. The van der Waals surface area contributed by atoms with Gasteiger partial charge in [0.25, 0.3) is 0 Å². The maximum Gasteiger partial charge on any atom is 0.410 e. The van der Waals surface area contributed by atoms with Crippen LogP contribution in [0.25, 0.3) is 0 Å². The number of amides is 1. The summed E-state index contributed by atoms with van der Waals surface area (Å²) in [5.41, 5.74) is 1.75. The lowest BCUT2D eigenvalue weighted by Gasteiger charge is -2.27. The first-order valence-corrected chi connectivity index (χ1v) is 13.0. The molecule has 1 saturated heterocycles. The number of hydrogen-bond donors (Lipinski definition) is 0. The Morgan fingerprint density at radius 3 is 2.61 bits per heavy atom. The average molecular weight is 453 g/mol. The Bertz CT molecular complexity index is 878. The zero-order valence-electron chi connectivity index (χ0n) is 19.2. The Morgan fingerprint density at radius 1 is 1.13 bits per heavy atom. The zero-order chi connectivity index (χ0) is 22.6. The quantitative estimate of drug-likeness (QED) is 0.679. The van der Waals surface area contributed by atoms with Crippen LogP contribution in [0, 0.1) is 5.92 Å². The fourth-order valence-corrected chi connectivity index (χ4v) is 4.98. The van der Waals surface area contributed by atoms with Gasteiger partial charge in [-0.15, -0.1) is 0 Å². The highest BCUT2D eigenvalue weighted by atomic mass is 32.2. The van der Waals surface area contributed by atoms with Gasteiger partial charge in [-0.05, 0) is 82.1 Å². The highest BCUT2D eigenvalue weighted by molar-refractivity contribution is 7.88. The number of likely N-dealkylation sites (tertiary alicyclic amines) is 1. The summed E-state index contributed by atoms with van der Waals surface area (Å²) in [6.45, 7) is 8.70. The van der Waals surface area contributed by atoms with E-state index in [1.165, 1.54) is 16.1 Å². The molecule has 1 unspecified atom stereocenters. The number of carbonyl (C=O) groups excluding carboxylic acids is 1. The highest BCUT2D eigenvalue weighted by Gasteiger charge is 2.26. The van der Waals surface area contributed by atoms with Gasteiger partial charge >= 0.3 is 6.09 Å². The largest absolute Gasteiger partial charge is 0.494 e. The smallest absolute Gasteiger partial charge is 0.410 e. The molecule has 7 nitrogen and oxygen atoms in total. The Morgan fingerprint density at radius 2 is 1.90 bits per heavy atom. The van der Waals surface area contributed by atoms with E-state index in [1.807, 2.05) is 37.8 Å². The van der Waals surface area contributed by atoms with Crippen LogP contribution in [0.2, 0.25) is 0 Å². The molecule has 2 aliphatic rings. The minimum atomic E-state index is -3.18. The van der Waals surface area contributed by atoms with Crippen LogP contribution in [-0.4, -0.2) is 61.8 Å². The van der Waals surface area contributed by atoms with Gasteiger partial charge in [0.1, 0.15) is 11.4 Å². The van der Waals surface area contributed by atoms with Gasteiger partial charge in [0.15, 0.2) is 0 Å². The van der Waals surface area contributed by atoms with Gasteiger partial charge < -0.3 is 14.4 Å². The van der Waals surface area contributed by atoms with Crippen LogP contribution < -0.4 is 4.74 Å². The SMILES string of the molecule is CC(C)(C)OC(=O)N1CCCC(CCOc2ccc3c(c2)CN(S(C)(=O)=O)CC3)CC1. The normalized spacial score (nSPS) is 20.6. The fraction of sp³-hybridized carbons (Fsp3) is 0.696. The molecule has 0 N–H and O–H groups in total. The van der Waals surface area contributed by atoms with Gasteiger partial charge in [-0.25, -0.2) is 13.2 Å². The number of sulfonamides is 1. The number of benzene rings is 1. The highest BCUT2D eigenvalue weighted by Crippen LogP contribution is 2.26. The number of nitrogens with zero attached hydrogens (tertiary/aromatic N) is 2. The van der Waals surface area contributed by atoms with E-state index in [2.05, 4.69) is 6.07 Å². The lowest BCUT2D eigenvalue weighted by atomic mass is 9.97. The minimum Gasteiger partial charge on any atom is -0.494 e. The Hall–Kier alpha value is -1.80. The summed E-state index contributed by atoms with van der Waals surface area (Å²) >= 11 is 0. The molecule has 2 aliphatic heterocycles. The van der Waals surface area contributed by atoms with E-state index in [4.69, 9.17) is 9.47 Å². The molecule has 8 heteroatoms. The summed E-state index contributed by atoms with van der Waals surface area (Å²) < 4.78 is 36.7. The molecular formula is C23H36N2O5S. The molecule has 1 aromatic carbocycles. The first-order chi connectivity index (χ1) is 14.5. The van der Waals surface area contributed by atoms with Crippen molar-refractivity contribution in [1.82, 2.24) is 9.21 Å². The zero-order valence-corrected chi connectivity index (χ0v) is 20.0. The minimum absolute atomic E-state index is 0.221. The first kappa shape index (κ1) is 23.9. The number of carbonyl (C=O) groups is 1. The summed E-state index contributed by atoms with van der Waals surface area (Å²) in [5, 5.41) is 0. The lowest BCUT2D eigenvalue weighted by molar-refractivity contribution is 0.0255. The molecule has 0 bridgehead atoms. The molecule has 1 aromatic rings. The lowest BCUT2D eigenvalue weighted by Crippen LogP contribution is -2.37. The van der Waals surface area contributed by atoms with E-state index in [1.54, 1.807) is 0 Å². The van der Waals surface area contributed by atoms with Crippen LogP contribution in [0.4, 0.5) is 4.79 Å². The van der Waals surface area contributed by atoms with Crippen molar-refractivity contribution in [2.24, 2.45) is 5.92 Å². The predicted molar refractivity (Wildman–Crippen MR) is 121 cm³/mol. The van der Waals surface area contributed by atoms with Crippen molar-refractivity contribution in [1.29, 1.82) is 0 Å². The van der Waals surface area contributed by atoms with Crippen molar-refractivity contribution in [2.75, 3.05) is 32.5 Å². The van der Waals surface area contributed by atoms with E-state index in [9.17, 15) is 13.2 Å². The molecule has 0 aliphatic carbocycles. The molecule has 2 heterocycles. The molecule has 0 saturated carbocycles. The molecule has 31 heavy (non-hydrogen) atoms. The van der Waals surface area contributed by atoms with Gasteiger partial charge in [0.05, 0.1) is 12.9 Å². The van der Waals surface area contributed by atoms with Crippen molar-refractivity contribution in [2.45, 2.75) is 65.0 Å². The van der Waals surface area contributed by atoms with Crippen LogP contribution in [-0.2, 0) is 27.7 Å². The predicted octanol–water partition coefficient (Wildman–Crippen LogP) is 3.81. The Balaban J connectivity index is 1.47. The van der Waals surface area contributed by atoms with Crippen molar-refractivity contribution in [3.8, 4) is 5.75 Å². The van der Waals surface area contributed by atoms with E-state index < -0.39 is 15.6 Å². The molecule has 1 atom stereocenters. The fourth-order valence-electron chi connectivity index (χ4n) is 4.19. The molecule has 3 rings (SSSR count). The molecule has 0 radical (unpaired) electrons. The molecular weight excluding hydrogens is 416 g/mol. The molecule has 174 valence electrons. The molecule has 1 fully saturated rings.